The van der Waals surface area contributed by atoms with Crippen molar-refractivity contribution < 1.29 is 13.5 Å². The van der Waals surface area contributed by atoms with E-state index in [4.69, 9.17) is 0 Å². The predicted octanol–water partition coefficient (Wildman–Crippen LogP) is 4.06. The minimum atomic E-state index is -2.87. The molecule has 3 heterocycles. The number of benzene rings is 1. The van der Waals surface area contributed by atoms with Crippen molar-refractivity contribution in [2.75, 3.05) is 0 Å². The molecule has 0 radical (unpaired) electrons. The highest BCUT2D eigenvalue weighted by molar-refractivity contribution is 5.82. The van der Waals surface area contributed by atoms with E-state index >= 15 is 0 Å². The molecule has 4 aromatic rings. The minimum Gasteiger partial charge on any atom is -0.435 e. The van der Waals surface area contributed by atoms with E-state index in [1.807, 2.05) is 30.5 Å². The highest BCUT2D eigenvalue weighted by atomic mass is 19.3. The van der Waals surface area contributed by atoms with Crippen molar-refractivity contribution in [2.24, 2.45) is 0 Å². The second-order valence-corrected chi connectivity index (χ2v) is 5.28. The summed E-state index contributed by atoms with van der Waals surface area (Å²) in [6, 6.07) is 14.0. The summed E-state index contributed by atoms with van der Waals surface area (Å²) in [5.74, 6) is 0.0945. The van der Waals surface area contributed by atoms with E-state index in [2.05, 4.69) is 19.8 Å². The van der Waals surface area contributed by atoms with Crippen LogP contribution in [0, 0.1) is 0 Å². The van der Waals surface area contributed by atoms with Gasteiger partial charge in [-0.2, -0.15) is 13.9 Å². The van der Waals surface area contributed by atoms with Crippen LogP contribution in [0.15, 0.2) is 67.3 Å². The van der Waals surface area contributed by atoms with Crippen LogP contribution in [0.3, 0.4) is 0 Å². The van der Waals surface area contributed by atoms with Crippen LogP contribution in [0.25, 0.3) is 28.0 Å². The van der Waals surface area contributed by atoms with Crippen LogP contribution in [0.5, 0.6) is 5.75 Å². The molecule has 0 bridgehead atoms. The Hall–Kier alpha value is -3.35. The van der Waals surface area contributed by atoms with Gasteiger partial charge in [-0.3, -0.25) is 4.98 Å². The summed E-state index contributed by atoms with van der Waals surface area (Å²) in [5, 5.41) is 4.08. The van der Waals surface area contributed by atoms with E-state index in [0.717, 1.165) is 11.1 Å². The van der Waals surface area contributed by atoms with Crippen molar-refractivity contribution in [2.45, 2.75) is 6.61 Å². The Morgan fingerprint density at radius 2 is 1.88 bits per heavy atom. The number of nitrogens with zero attached hydrogens (tertiary/aromatic N) is 4. The molecule has 4 rings (SSSR count). The molecule has 124 valence electrons. The van der Waals surface area contributed by atoms with E-state index in [0.29, 0.717) is 16.9 Å². The van der Waals surface area contributed by atoms with Crippen LogP contribution >= 0.6 is 0 Å². The molecule has 5 nitrogen and oxygen atoms in total. The number of fused-ring (bicyclic) bond motifs is 1. The van der Waals surface area contributed by atoms with Gasteiger partial charge in [0.05, 0.1) is 5.69 Å². The third-order valence-corrected chi connectivity index (χ3v) is 3.73. The van der Waals surface area contributed by atoms with Crippen LogP contribution in [-0.4, -0.2) is 26.2 Å². The molecule has 0 aliphatic carbocycles. The first-order valence-corrected chi connectivity index (χ1v) is 7.51. The molecule has 0 amide bonds. The molecule has 0 atom stereocenters. The lowest BCUT2D eigenvalue weighted by atomic mass is 10.00. The van der Waals surface area contributed by atoms with Gasteiger partial charge in [0.25, 0.3) is 0 Å². The van der Waals surface area contributed by atoms with Gasteiger partial charge in [-0.05, 0) is 35.9 Å². The summed E-state index contributed by atoms with van der Waals surface area (Å²) >= 11 is 0. The van der Waals surface area contributed by atoms with Gasteiger partial charge in [0.2, 0.25) is 0 Å². The van der Waals surface area contributed by atoms with Crippen LogP contribution < -0.4 is 4.74 Å². The normalized spacial score (nSPS) is 11.2. The molecule has 0 aliphatic rings. The van der Waals surface area contributed by atoms with Crippen molar-refractivity contribution in [3.63, 3.8) is 0 Å². The fraction of sp³-hybridized carbons (Fsp3) is 0.0556. The molecule has 0 N–H and O–H groups in total. The largest absolute Gasteiger partial charge is 0.435 e. The van der Waals surface area contributed by atoms with Gasteiger partial charge in [0.15, 0.2) is 5.65 Å². The van der Waals surface area contributed by atoms with E-state index in [9.17, 15) is 8.78 Å². The Bertz CT molecular complexity index is 1030. The van der Waals surface area contributed by atoms with Gasteiger partial charge in [-0.25, -0.2) is 9.50 Å². The number of hydrogen-bond donors (Lipinski definition) is 0. The van der Waals surface area contributed by atoms with Gasteiger partial charge in [0, 0.05) is 23.5 Å². The zero-order valence-electron chi connectivity index (χ0n) is 12.9. The fourth-order valence-corrected chi connectivity index (χ4v) is 2.67. The Labute approximate surface area is 141 Å². The van der Waals surface area contributed by atoms with E-state index < -0.39 is 6.61 Å². The fourth-order valence-electron chi connectivity index (χ4n) is 2.67. The summed E-state index contributed by atoms with van der Waals surface area (Å²) in [7, 11) is 0. The zero-order valence-corrected chi connectivity index (χ0v) is 12.9. The van der Waals surface area contributed by atoms with Crippen LogP contribution in [-0.2, 0) is 0 Å². The molecule has 0 aliphatic heterocycles. The van der Waals surface area contributed by atoms with Gasteiger partial charge in [-0.1, -0.05) is 18.2 Å². The SMILES string of the molecule is FC(F)Oc1cccc(-c2ncccc2-c2ccn3ncnc3c2)c1. The average molecular weight is 338 g/mol. The zero-order chi connectivity index (χ0) is 17.2. The van der Waals surface area contributed by atoms with Crippen LogP contribution in [0.4, 0.5) is 8.78 Å². The molecule has 1 aromatic carbocycles. The molecule has 0 spiro atoms. The molecule has 0 fully saturated rings. The highest BCUT2D eigenvalue weighted by Crippen LogP contribution is 2.32. The number of hydrogen-bond acceptors (Lipinski definition) is 4. The number of aromatic nitrogens is 4. The second kappa shape index (κ2) is 6.27. The molecule has 3 aromatic heterocycles. The average Bonchev–Trinajstić information content (AvgIpc) is 3.09. The van der Waals surface area contributed by atoms with E-state index in [1.165, 1.54) is 12.4 Å². The lowest BCUT2D eigenvalue weighted by Crippen LogP contribution is -2.01. The number of halogens is 2. The molecule has 25 heavy (non-hydrogen) atoms. The maximum absolute atomic E-state index is 12.5. The van der Waals surface area contributed by atoms with Crippen LogP contribution in [0.2, 0.25) is 0 Å². The van der Waals surface area contributed by atoms with Gasteiger partial charge in [0.1, 0.15) is 12.1 Å². The van der Waals surface area contributed by atoms with Crippen molar-refractivity contribution in [1.29, 1.82) is 0 Å². The Balaban J connectivity index is 1.81. The molecule has 0 saturated heterocycles. The molecular weight excluding hydrogens is 326 g/mol. The second-order valence-electron chi connectivity index (χ2n) is 5.28. The van der Waals surface area contributed by atoms with Crippen molar-refractivity contribution in [1.82, 2.24) is 19.6 Å². The van der Waals surface area contributed by atoms with Crippen molar-refractivity contribution >= 4 is 5.65 Å². The minimum absolute atomic E-state index is 0.0945. The third-order valence-electron chi connectivity index (χ3n) is 3.73. The Morgan fingerprint density at radius 3 is 2.76 bits per heavy atom. The summed E-state index contributed by atoms with van der Waals surface area (Å²) in [4.78, 5) is 8.61. The van der Waals surface area contributed by atoms with E-state index in [1.54, 1.807) is 28.9 Å². The Kier molecular flexibility index (Phi) is 3.81. The van der Waals surface area contributed by atoms with Gasteiger partial charge < -0.3 is 4.74 Å². The quantitative estimate of drug-likeness (QED) is 0.563. The lowest BCUT2D eigenvalue weighted by molar-refractivity contribution is -0.0498. The van der Waals surface area contributed by atoms with Crippen molar-refractivity contribution in [3.05, 3.63) is 67.3 Å². The number of alkyl halides is 2. The van der Waals surface area contributed by atoms with Gasteiger partial charge in [-0.15, -0.1) is 0 Å². The first-order chi connectivity index (χ1) is 12.2. The standard InChI is InChI=1S/C18H12F2N4O/c19-18(20)25-14-4-1-3-13(9-14)17-15(5-2-7-21-17)12-6-8-24-16(10-12)22-11-23-24/h1-11,18H. The number of ether oxygens (including phenoxy) is 1. The summed E-state index contributed by atoms with van der Waals surface area (Å²) < 4.78 is 31.1. The third kappa shape index (κ3) is 3.03. The van der Waals surface area contributed by atoms with Crippen molar-refractivity contribution in [3.8, 4) is 28.1 Å². The maximum atomic E-state index is 12.5. The molecule has 0 saturated carbocycles. The lowest BCUT2D eigenvalue weighted by Gasteiger charge is -2.11. The molecule has 0 unspecified atom stereocenters. The van der Waals surface area contributed by atoms with E-state index in [-0.39, 0.29) is 5.75 Å². The number of rotatable bonds is 4. The summed E-state index contributed by atoms with van der Waals surface area (Å²) in [6.07, 6.45) is 4.95. The monoisotopic (exact) mass is 338 g/mol. The predicted molar refractivity (Wildman–Crippen MR) is 88.3 cm³/mol. The topological polar surface area (TPSA) is 52.3 Å². The smallest absolute Gasteiger partial charge is 0.387 e. The van der Waals surface area contributed by atoms with Crippen LogP contribution in [0.1, 0.15) is 0 Å². The van der Waals surface area contributed by atoms with Gasteiger partial charge >= 0.3 is 6.61 Å². The molecular formula is C18H12F2N4O. The number of pyridine rings is 2. The molecule has 7 heteroatoms. The Morgan fingerprint density at radius 1 is 0.960 bits per heavy atom. The highest BCUT2D eigenvalue weighted by Gasteiger charge is 2.12. The summed E-state index contributed by atoms with van der Waals surface area (Å²) in [6.45, 7) is -2.87. The summed E-state index contributed by atoms with van der Waals surface area (Å²) in [5.41, 5.74) is 3.84. The first-order valence-electron chi connectivity index (χ1n) is 7.51. The maximum Gasteiger partial charge on any atom is 0.387 e. The first kappa shape index (κ1) is 15.2.